The number of nitriles is 1. The van der Waals surface area contributed by atoms with Gasteiger partial charge in [0, 0.05) is 29.4 Å². The van der Waals surface area contributed by atoms with E-state index in [1.807, 2.05) is 6.07 Å². The van der Waals surface area contributed by atoms with Crippen molar-refractivity contribution in [1.29, 1.82) is 5.26 Å². The summed E-state index contributed by atoms with van der Waals surface area (Å²) >= 11 is 0. The van der Waals surface area contributed by atoms with Gasteiger partial charge in [-0.1, -0.05) is 12.0 Å². The molecule has 3 N–H and O–H groups in total. The lowest BCUT2D eigenvalue weighted by Crippen LogP contribution is -2.46. The van der Waals surface area contributed by atoms with Gasteiger partial charge in [-0.2, -0.15) is 10.4 Å². The number of anilines is 1. The summed E-state index contributed by atoms with van der Waals surface area (Å²) in [5.41, 5.74) is 6.93. The standard InChI is InChI=1S/C28H21N9O3/c29-14-18-3-1-4-24(33-18)34-28(40)22-13-17-12-21(17)37(22)25(38)15-36-20-7-5-16(6-8-23-31-9-2-10-32-23)11-19(20)26(35-36)27(30)39/h1-5,7,9-11,17,21-22H,12-13,15H2,(H2,30,39)(H,33,34,40)/t17-,21-,22+/m1/s1. The molecule has 4 aromatic rings. The van der Waals surface area contributed by atoms with Crippen molar-refractivity contribution in [2.45, 2.75) is 31.5 Å². The van der Waals surface area contributed by atoms with Crippen LogP contribution in [-0.2, 0) is 16.1 Å². The molecule has 12 heteroatoms. The van der Waals surface area contributed by atoms with Gasteiger partial charge in [-0.15, -0.1) is 0 Å². The Balaban J connectivity index is 1.24. The second kappa shape index (κ2) is 9.93. The average Bonchev–Trinajstić information content (AvgIpc) is 3.47. The molecule has 0 radical (unpaired) electrons. The van der Waals surface area contributed by atoms with Gasteiger partial charge in [-0.25, -0.2) is 15.0 Å². The molecule has 0 unspecified atom stereocenters. The maximum atomic E-state index is 13.5. The van der Waals surface area contributed by atoms with E-state index in [-0.39, 0.29) is 47.5 Å². The van der Waals surface area contributed by atoms with Crippen molar-refractivity contribution >= 4 is 34.4 Å². The number of nitrogens with zero attached hydrogens (tertiary/aromatic N) is 7. The van der Waals surface area contributed by atoms with Crippen LogP contribution in [0.5, 0.6) is 0 Å². The second-order valence-electron chi connectivity index (χ2n) is 9.55. The smallest absolute Gasteiger partial charge is 0.269 e. The minimum Gasteiger partial charge on any atom is -0.364 e. The number of benzene rings is 1. The Hall–Kier alpha value is -5.62. The lowest BCUT2D eigenvalue weighted by molar-refractivity contribution is -0.138. The summed E-state index contributed by atoms with van der Waals surface area (Å²) in [5, 5.41) is 16.6. The lowest BCUT2D eigenvalue weighted by Gasteiger charge is -2.26. The van der Waals surface area contributed by atoms with Crippen LogP contribution in [0, 0.1) is 29.1 Å². The molecule has 3 atom stereocenters. The molecule has 1 aromatic carbocycles. The van der Waals surface area contributed by atoms with Crippen molar-refractivity contribution in [2.24, 2.45) is 11.7 Å². The van der Waals surface area contributed by atoms with Gasteiger partial charge >= 0.3 is 0 Å². The molecule has 1 aliphatic heterocycles. The summed E-state index contributed by atoms with van der Waals surface area (Å²) in [6.07, 6.45) is 4.55. The Labute approximate surface area is 227 Å². The number of carbonyl (C=O) groups is 3. The predicted molar refractivity (Wildman–Crippen MR) is 141 cm³/mol. The number of likely N-dealkylation sites (tertiary alicyclic amines) is 1. The predicted octanol–water partition coefficient (Wildman–Crippen LogP) is 1.22. The van der Waals surface area contributed by atoms with Crippen molar-refractivity contribution in [3.8, 4) is 17.9 Å². The maximum absolute atomic E-state index is 13.5. The van der Waals surface area contributed by atoms with E-state index in [2.05, 4.69) is 37.2 Å². The van der Waals surface area contributed by atoms with Crippen molar-refractivity contribution in [1.82, 2.24) is 29.6 Å². The van der Waals surface area contributed by atoms with E-state index in [4.69, 9.17) is 11.0 Å². The lowest BCUT2D eigenvalue weighted by atomic mass is 10.1. The van der Waals surface area contributed by atoms with Crippen molar-refractivity contribution in [3.63, 3.8) is 0 Å². The molecule has 2 aliphatic rings. The zero-order chi connectivity index (χ0) is 27.8. The van der Waals surface area contributed by atoms with E-state index < -0.39 is 11.9 Å². The number of fused-ring (bicyclic) bond motifs is 2. The van der Waals surface area contributed by atoms with Gasteiger partial charge in [0.25, 0.3) is 5.91 Å². The van der Waals surface area contributed by atoms with Crippen LogP contribution in [-0.4, -0.2) is 59.4 Å². The summed E-state index contributed by atoms with van der Waals surface area (Å²) in [7, 11) is 0. The first-order chi connectivity index (χ1) is 19.4. The molecule has 40 heavy (non-hydrogen) atoms. The van der Waals surface area contributed by atoms with Gasteiger partial charge in [0.1, 0.15) is 30.2 Å². The molecule has 3 amide bonds. The van der Waals surface area contributed by atoms with Gasteiger partial charge in [0.05, 0.1) is 5.52 Å². The van der Waals surface area contributed by atoms with Gasteiger partial charge in [-0.05, 0) is 61.1 Å². The summed E-state index contributed by atoms with van der Waals surface area (Å²) < 4.78 is 1.43. The summed E-state index contributed by atoms with van der Waals surface area (Å²) in [6, 6.07) is 12.8. The number of hydrogen-bond donors (Lipinski definition) is 2. The van der Waals surface area contributed by atoms with Crippen molar-refractivity contribution in [3.05, 3.63) is 77.6 Å². The molecule has 6 rings (SSSR count). The summed E-state index contributed by atoms with van der Waals surface area (Å²) in [6.45, 7) is -0.179. The summed E-state index contributed by atoms with van der Waals surface area (Å²) in [5.74, 6) is 5.29. The van der Waals surface area contributed by atoms with Crippen molar-refractivity contribution < 1.29 is 14.4 Å². The van der Waals surface area contributed by atoms with Gasteiger partial charge in [0.2, 0.25) is 17.6 Å². The van der Waals surface area contributed by atoms with Crippen LogP contribution in [0.3, 0.4) is 0 Å². The number of nitrogens with two attached hydrogens (primary N) is 1. The molecule has 1 saturated carbocycles. The van der Waals surface area contributed by atoms with Crippen LogP contribution in [0.4, 0.5) is 5.82 Å². The Morgan fingerprint density at radius 2 is 1.90 bits per heavy atom. The first kappa shape index (κ1) is 24.7. The highest BCUT2D eigenvalue weighted by Gasteiger charge is 2.56. The third-order valence-corrected chi connectivity index (χ3v) is 6.96. The van der Waals surface area contributed by atoms with E-state index in [1.165, 1.54) is 10.7 Å². The fourth-order valence-electron chi connectivity index (χ4n) is 5.09. The minimum atomic E-state index is -0.736. The molecule has 2 fully saturated rings. The van der Waals surface area contributed by atoms with Crippen LogP contribution >= 0.6 is 0 Å². The Morgan fingerprint density at radius 1 is 1.07 bits per heavy atom. The Kier molecular flexibility index (Phi) is 6.13. The van der Waals surface area contributed by atoms with Crippen LogP contribution in [0.25, 0.3) is 10.9 Å². The molecule has 1 saturated heterocycles. The highest BCUT2D eigenvalue weighted by molar-refractivity contribution is 6.05. The SMILES string of the molecule is N#Cc1cccc(NC(=O)[C@@H]2C[C@H]3C[C@H]3N2C(=O)Cn2nc(C(N)=O)c3cc(C#Cc4ncccn4)ccc32)n1. The largest absolute Gasteiger partial charge is 0.364 e. The first-order valence-corrected chi connectivity index (χ1v) is 12.5. The van der Waals surface area contributed by atoms with E-state index in [0.29, 0.717) is 28.7 Å². The second-order valence-corrected chi connectivity index (χ2v) is 9.55. The molecule has 12 nitrogen and oxygen atoms in total. The summed E-state index contributed by atoms with van der Waals surface area (Å²) in [4.78, 5) is 52.7. The molecular weight excluding hydrogens is 510 g/mol. The zero-order valence-electron chi connectivity index (χ0n) is 21.0. The third-order valence-electron chi connectivity index (χ3n) is 6.96. The Morgan fingerprint density at radius 3 is 2.67 bits per heavy atom. The number of hydrogen-bond acceptors (Lipinski definition) is 8. The molecular formula is C28H21N9O3. The first-order valence-electron chi connectivity index (χ1n) is 12.5. The topological polar surface area (TPSA) is 173 Å². The Bertz CT molecular complexity index is 1780. The average molecular weight is 532 g/mol. The molecule has 4 heterocycles. The number of aromatic nitrogens is 5. The van der Waals surface area contributed by atoms with E-state index >= 15 is 0 Å². The number of nitrogens with one attached hydrogen (secondary N) is 1. The minimum absolute atomic E-state index is 0.0193. The van der Waals surface area contributed by atoms with Crippen LogP contribution < -0.4 is 11.1 Å². The van der Waals surface area contributed by atoms with E-state index in [1.54, 1.807) is 53.7 Å². The molecule has 1 aliphatic carbocycles. The fourth-order valence-corrected chi connectivity index (χ4v) is 5.09. The van der Waals surface area contributed by atoms with Gasteiger partial charge in [-0.3, -0.25) is 19.1 Å². The highest BCUT2D eigenvalue weighted by Crippen LogP contribution is 2.48. The van der Waals surface area contributed by atoms with Crippen LogP contribution in [0.15, 0.2) is 54.9 Å². The van der Waals surface area contributed by atoms with Crippen LogP contribution in [0.2, 0.25) is 0 Å². The number of pyridine rings is 1. The molecule has 3 aromatic heterocycles. The molecule has 196 valence electrons. The number of carbonyl (C=O) groups excluding carboxylic acids is 3. The normalized spacial score (nSPS) is 18.8. The quantitative estimate of drug-likeness (QED) is 0.362. The van der Waals surface area contributed by atoms with E-state index in [0.717, 1.165) is 6.42 Å². The maximum Gasteiger partial charge on any atom is 0.269 e. The number of piperidine rings is 1. The third kappa shape index (κ3) is 4.70. The number of primary amides is 1. The highest BCUT2D eigenvalue weighted by atomic mass is 16.2. The molecule has 0 spiro atoms. The van der Waals surface area contributed by atoms with Crippen molar-refractivity contribution in [2.75, 3.05) is 5.32 Å². The van der Waals surface area contributed by atoms with E-state index in [9.17, 15) is 14.4 Å². The zero-order valence-corrected chi connectivity index (χ0v) is 21.0. The van der Waals surface area contributed by atoms with Gasteiger partial charge < -0.3 is 16.0 Å². The molecule has 0 bridgehead atoms. The monoisotopic (exact) mass is 531 g/mol. The number of rotatable bonds is 5. The van der Waals surface area contributed by atoms with Gasteiger partial charge in [0.15, 0.2) is 5.69 Å². The fraction of sp³-hybridized carbons (Fsp3) is 0.214. The van der Waals surface area contributed by atoms with Crippen LogP contribution in [0.1, 0.15) is 40.4 Å². The number of amides is 3.